The Labute approximate surface area is 107 Å². The lowest BCUT2D eigenvalue weighted by molar-refractivity contribution is 0.340. The normalized spacial score (nSPS) is 10.1. The van der Waals surface area contributed by atoms with Crippen LogP contribution in [0.5, 0.6) is 5.75 Å². The zero-order valence-electron chi connectivity index (χ0n) is 10.6. The van der Waals surface area contributed by atoms with Crippen molar-refractivity contribution in [1.82, 2.24) is 4.98 Å². The minimum Gasteiger partial charge on any atom is -0.494 e. The van der Waals surface area contributed by atoms with Crippen LogP contribution in [0.4, 0.5) is 17.2 Å². The predicted octanol–water partition coefficient (Wildman–Crippen LogP) is 3.11. The zero-order valence-corrected chi connectivity index (χ0v) is 10.6. The fraction of sp³-hybridized carbons (Fsp3) is 0.214. The number of rotatable bonds is 4. The van der Waals surface area contributed by atoms with Crippen molar-refractivity contribution in [1.29, 1.82) is 0 Å². The van der Waals surface area contributed by atoms with Crippen LogP contribution in [0.15, 0.2) is 36.4 Å². The van der Waals surface area contributed by atoms with Crippen molar-refractivity contribution in [2.75, 3.05) is 17.7 Å². The number of nitrogens with zero attached hydrogens (tertiary/aromatic N) is 1. The molecule has 0 saturated heterocycles. The standard InChI is InChI=1S/C14H17N3O/c1-3-18-12-6-4-5-11(9-12)17-14-8-7-13(15)10(2)16-14/h4-9H,3,15H2,1-2H3,(H,16,17). The van der Waals surface area contributed by atoms with E-state index in [0.717, 1.165) is 22.9 Å². The van der Waals surface area contributed by atoms with Crippen molar-refractivity contribution in [2.45, 2.75) is 13.8 Å². The van der Waals surface area contributed by atoms with E-state index in [1.54, 1.807) is 0 Å². The van der Waals surface area contributed by atoms with Gasteiger partial charge in [0.1, 0.15) is 11.6 Å². The molecule has 0 atom stereocenters. The summed E-state index contributed by atoms with van der Waals surface area (Å²) in [6.07, 6.45) is 0. The molecule has 4 nitrogen and oxygen atoms in total. The summed E-state index contributed by atoms with van der Waals surface area (Å²) in [5.41, 5.74) is 8.20. The summed E-state index contributed by atoms with van der Waals surface area (Å²) >= 11 is 0. The van der Waals surface area contributed by atoms with Crippen LogP contribution in [-0.4, -0.2) is 11.6 Å². The van der Waals surface area contributed by atoms with E-state index in [1.165, 1.54) is 0 Å². The molecule has 1 heterocycles. The van der Waals surface area contributed by atoms with Crippen LogP contribution in [0.2, 0.25) is 0 Å². The second-order valence-electron chi connectivity index (χ2n) is 3.96. The molecule has 94 valence electrons. The highest BCUT2D eigenvalue weighted by atomic mass is 16.5. The molecule has 0 unspecified atom stereocenters. The topological polar surface area (TPSA) is 60.2 Å². The summed E-state index contributed by atoms with van der Waals surface area (Å²) in [5.74, 6) is 1.62. The van der Waals surface area contributed by atoms with E-state index in [1.807, 2.05) is 50.2 Å². The molecule has 0 aliphatic heterocycles. The lowest BCUT2D eigenvalue weighted by atomic mass is 10.3. The van der Waals surface area contributed by atoms with Crippen LogP contribution in [0.3, 0.4) is 0 Å². The largest absolute Gasteiger partial charge is 0.494 e. The van der Waals surface area contributed by atoms with Gasteiger partial charge in [-0.1, -0.05) is 6.07 Å². The molecular weight excluding hydrogens is 226 g/mol. The number of benzene rings is 1. The molecule has 0 spiro atoms. The number of nitrogens with two attached hydrogens (primary N) is 1. The molecule has 0 amide bonds. The minimum atomic E-state index is 0.655. The number of aryl methyl sites for hydroxylation is 1. The van der Waals surface area contributed by atoms with Crippen LogP contribution in [0, 0.1) is 6.92 Å². The smallest absolute Gasteiger partial charge is 0.130 e. The maximum Gasteiger partial charge on any atom is 0.130 e. The highest BCUT2D eigenvalue weighted by Crippen LogP contribution is 2.21. The number of aromatic nitrogens is 1. The number of nitrogens with one attached hydrogen (secondary N) is 1. The molecule has 0 aliphatic rings. The van der Waals surface area contributed by atoms with Crippen molar-refractivity contribution < 1.29 is 4.74 Å². The highest BCUT2D eigenvalue weighted by molar-refractivity contribution is 5.60. The second-order valence-corrected chi connectivity index (χ2v) is 3.96. The van der Waals surface area contributed by atoms with E-state index >= 15 is 0 Å². The second kappa shape index (κ2) is 5.40. The van der Waals surface area contributed by atoms with Gasteiger partial charge < -0.3 is 15.8 Å². The zero-order chi connectivity index (χ0) is 13.0. The van der Waals surface area contributed by atoms with Gasteiger partial charge in [-0.25, -0.2) is 4.98 Å². The van der Waals surface area contributed by atoms with Crippen LogP contribution in [0.1, 0.15) is 12.6 Å². The van der Waals surface area contributed by atoms with Gasteiger partial charge in [-0.15, -0.1) is 0 Å². The van der Waals surface area contributed by atoms with E-state index < -0.39 is 0 Å². The molecule has 0 saturated carbocycles. The lowest BCUT2D eigenvalue weighted by Crippen LogP contribution is -1.98. The maximum absolute atomic E-state index is 5.74. The van der Waals surface area contributed by atoms with Crippen molar-refractivity contribution in [3.05, 3.63) is 42.1 Å². The third-order valence-electron chi connectivity index (χ3n) is 2.54. The Bertz CT molecular complexity index is 540. The fourth-order valence-corrected chi connectivity index (χ4v) is 1.62. The van der Waals surface area contributed by atoms with Crippen molar-refractivity contribution in [2.24, 2.45) is 0 Å². The monoisotopic (exact) mass is 243 g/mol. The summed E-state index contributed by atoms with van der Waals surface area (Å²) in [6, 6.07) is 11.5. The maximum atomic E-state index is 5.74. The Morgan fingerprint density at radius 3 is 2.83 bits per heavy atom. The molecule has 2 aromatic rings. The molecule has 0 radical (unpaired) electrons. The Morgan fingerprint density at radius 2 is 2.11 bits per heavy atom. The van der Waals surface area contributed by atoms with Crippen LogP contribution in [0.25, 0.3) is 0 Å². The predicted molar refractivity (Wildman–Crippen MR) is 74.3 cm³/mol. The van der Waals surface area contributed by atoms with Crippen molar-refractivity contribution in [3.63, 3.8) is 0 Å². The Morgan fingerprint density at radius 1 is 1.28 bits per heavy atom. The molecule has 0 fully saturated rings. The summed E-state index contributed by atoms with van der Waals surface area (Å²) in [7, 11) is 0. The quantitative estimate of drug-likeness (QED) is 0.866. The molecular formula is C14H17N3O. The molecule has 4 heteroatoms. The van der Waals surface area contributed by atoms with Gasteiger partial charge in [0.05, 0.1) is 18.0 Å². The van der Waals surface area contributed by atoms with E-state index in [9.17, 15) is 0 Å². The average Bonchev–Trinajstić information content (AvgIpc) is 2.35. The number of hydrogen-bond acceptors (Lipinski definition) is 4. The Hall–Kier alpha value is -2.23. The molecule has 0 bridgehead atoms. The van der Waals surface area contributed by atoms with E-state index in [0.29, 0.717) is 12.3 Å². The van der Waals surface area contributed by atoms with Gasteiger partial charge in [0.15, 0.2) is 0 Å². The van der Waals surface area contributed by atoms with Gasteiger partial charge in [-0.2, -0.15) is 0 Å². The van der Waals surface area contributed by atoms with Crippen LogP contribution >= 0.6 is 0 Å². The van der Waals surface area contributed by atoms with Gasteiger partial charge >= 0.3 is 0 Å². The number of anilines is 3. The summed E-state index contributed by atoms with van der Waals surface area (Å²) < 4.78 is 5.45. The van der Waals surface area contributed by atoms with Crippen LogP contribution in [-0.2, 0) is 0 Å². The number of pyridine rings is 1. The molecule has 18 heavy (non-hydrogen) atoms. The molecule has 0 aliphatic carbocycles. The SMILES string of the molecule is CCOc1cccc(Nc2ccc(N)c(C)n2)c1. The van der Waals surface area contributed by atoms with Gasteiger partial charge in [-0.05, 0) is 38.1 Å². The number of nitrogen functional groups attached to an aromatic ring is 1. The molecule has 1 aromatic heterocycles. The number of ether oxygens (including phenoxy) is 1. The van der Waals surface area contributed by atoms with Gasteiger partial charge in [0.2, 0.25) is 0 Å². The number of hydrogen-bond donors (Lipinski definition) is 2. The van der Waals surface area contributed by atoms with Crippen molar-refractivity contribution >= 4 is 17.2 Å². The first kappa shape index (κ1) is 12.2. The highest BCUT2D eigenvalue weighted by Gasteiger charge is 2.00. The third kappa shape index (κ3) is 2.91. The average molecular weight is 243 g/mol. The van der Waals surface area contributed by atoms with E-state index in [2.05, 4.69) is 10.3 Å². The first-order valence-corrected chi connectivity index (χ1v) is 5.92. The molecule has 3 N–H and O–H groups in total. The first-order chi connectivity index (χ1) is 8.69. The van der Waals surface area contributed by atoms with Crippen LogP contribution < -0.4 is 15.8 Å². The minimum absolute atomic E-state index is 0.655. The molecule has 1 aromatic carbocycles. The molecule has 2 rings (SSSR count). The summed E-state index contributed by atoms with van der Waals surface area (Å²) in [6.45, 7) is 4.50. The lowest BCUT2D eigenvalue weighted by Gasteiger charge is -2.09. The third-order valence-corrected chi connectivity index (χ3v) is 2.54. The van der Waals surface area contributed by atoms with Crippen molar-refractivity contribution in [3.8, 4) is 5.75 Å². The summed E-state index contributed by atoms with van der Waals surface area (Å²) in [4.78, 5) is 4.37. The van der Waals surface area contributed by atoms with Gasteiger partial charge in [0.25, 0.3) is 0 Å². The Balaban J connectivity index is 2.17. The Kier molecular flexibility index (Phi) is 3.67. The van der Waals surface area contributed by atoms with E-state index in [4.69, 9.17) is 10.5 Å². The fourth-order valence-electron chi connectivity index (χ4n) is 1.62. The van der Waals surface area contributed by atoms with Gasteiger partial charge in [0, 0.05) is 11.8 Å². The van der Waals surface area contributed by atoms with Gasteiger partial charge in [-0.3, -0.25) is 0 Å². The summed E-state index contributed by atoms with van der Waals surface area (Å²) in [5, 5.41) is 3.22. The van der Waals surface area contributed by atoms with E-state index in [-0.39, 0.29) is 0 Å². The first-order valence-electron chi connectivity index (χ1n) is 5.92.